The van der Waals surface area contributed by atoms with Gasteiger partial charge in [0, 0.05) is 20.1 Å². The largest absolute Gasteiger partial charge is 0.324 e. The summed E-state index contributed by atoms with van der Waals surface area (Å²) in [5.74, 6) is 0.638. The molecule has 0 amide bonds. The first kappa shape index (κ1) is 15.8. The predicted octanol–water partition coefficient (Wildman–Crippen LogP) is 2.66. The summed E-state index contributed by atoms with van der Waals surface area (Å²) in [6.45, 7) is 3.31. The van der Waals surface area contributed by atoms with E-state index in [0.717, 1.165) is 25.7 Å². The highest BCUT2D eigenvalue weighted by Crippen LogP contribution is 2.27. The molecule has 0 N–H and O–H groups in total. The Morgan fingerprint density at radius 3 is 2.75 bits per heavy atom. The van der Waals surface area contributed by atoms with E-state index in [0.29, 0.717) is 19.0 Å². The van der Waals surface area contributed by atoms with Crippen molar-refractivity contribution in [1.82, 2.24) is 13.9 Å². The molecule has 2 rings (SSSR count). The van der Waals surface area contributed by atoms with Crippen molar-refractivity contribution in [1.29, 1.82) is 0 Å². The molecule has 5 nitrogen and oxygen atoms in total. The molecule has 7 heteroatoms. The molecular formula is C13H22ClN3O2S. The van der Waals surface area contributed by atoms with Gasteiger partial charge in [0.2, 0.25) is 5.03 Å². The van der Waals surface area contributed by atoms with Gasteiger partial charge in [0.15, 0.2) is 0 Å². The summed E-state index contributed by atoms with van der Waals surface area (Å²) in [6, 6.07) is 0. The SMILES string of the molecule is CCCC1CCCN(S(=O)(=O)c2ncn(C)c2Cl)CC1. The molecule has 114 valence electrons. The Morgan fingerprint density at radius 1 is 1.40 bits per heavy atom. The zero-order valence-electron chi connectivity index (χ0n) is 12.0. The molecule has 1 aliphatic heterocycles. The fourth-order valence-corrected chi connectivity index (χ4v) is 4.65. The lowest BCUT2D eigenvalue weighted by molar-refractivity contribution is 0.399. The Balaban J connectivity index is 2.16. The molecular weight excluding hydrogens is 298 g/mol. The van der Waals surface area contributed by atoms with Gasteiger partial charge in [0.25, 0.3) is 10.0 Å². The molecule has 1 aromatic rings. The molecule has 0 aliphatic carbocycles. The van der Waals surface area contributed by atoms with E-state index in [1.54, 1.807) is 7.05 Å². The normalized spacial score (nSPS) is 21.9. The molecule has 0 radical (unpaired) electrons. The number of rotatable bonds is 4. The smallest absolute Gasteiger partial charge is 0.263 e. The Labute approximate surface area is 126 Å². The molecule has 20 heavy (non-hydrogen) atoms. The average molecular weight is 320 g/mol. The molecule has 1 unspecified atom stereocenters. The maximum Gasteiger partial charge on any atom is 0.263 e. The van der Waals surface area contributed by atoms with E-state index in [9.17, 15) is 8.42 Å². The third-order valence-corrected chi connectivity index (χ3v) is 6.31. The number of aromatic nitrogens is 2. The molecule has 0 bridgehead atoms. The van der Waals surface area contributed by atoms with Crippen molar-refractivity contribution < 1.29 is 8.42 Å². The number of hydrogen-bond donors (Lipinski definition) is 0. The molecule has 1 fully saturated rings. The lowest BCUT2D eigenvalue weighted by Crippen LogP contribution is -2.32. The number of nitrogens with zero attached hydrogens (tertiary/aromatic N) is 3. The molecule has 0 saturated carbocycles. The number of hydrogen-bond acceptors (Lipinski definition) is 3. The van der Waals surface area contributed by atoms with Crippen LogP contribution in [0, 0.1) is 5.92 Å². The summed E-state index contributed by atoms with van der Waals surface area (Å²) < 4.78 is 28.3. The molecule has 2 heterocycles. The summed E-state index contributed by atoms with van der Waals surface area (Å²) >= 11 is 6.03. The van der Waals surface area contributed by atoms with Crippen LogP contribution in [0.1, 0.15) is 39.0 Å². The molecule has 1 aliphatic rings. The van der Waals surface area contributed by atoms with Crippen LogP contribution in [0.3, 0.4) is 0 Å². The van der Waals surface area contributed by atoms with E-state index in [-0.39, 0.29) is 10.2 Å². The summed E-state index contributed by atoms with van der Waals surface area (Å²) in [6.07, 6.45) is 6.72. The van der Waals surface area contributed by atoms with Crippen LogP contribution in [0.15, 0.2) is 11.4 Å². The number of sulfonamides is 1. The quantitative estimate of drug-likeness (QED) is 0.857. The zero-order chi connectivity index (χ0) is 14.8. The summed E-state index contributed by atoms with van der Waals surface area (Å²) in [5.41, 5.74) is 0. The molecule has 0 aromatic carbocycles. The van der Waals surface area contributed by atoms with E-state index >= 15 is 0 Å². The second kappa shape index (κ2) is 6.45. The first-order valence-electron chi connectivity index (χ1n) is 7.13. The minimum atomic E-state index is -3.56. The van der Waals surface area contributed by atoms with E-state index in [1.165, 1.54) is 21.6 Å². The fraction of sp³-hybridized carbons (Fsp3) is 0.769. The lowest BCUT2D eigenvalue weighted by Gasteiger charge is -2.19. The van der Waals surface area contributed by atoms with Crippen molar-refractivity contribution in [3.8, 4) is 0 Å². The summed E-state index contributed by atoms with van der Waals surface area (Å²) in [5, 5.41) is 0.162. The van der Waals surface area contributed by atoms with Gasteiger partial charge in [-0.05, 0) is 25.2 Å². The average Bonchev–Trinajstić information content (AvgIpc) is 2.63. The Morgan fingerprint density at radius 2 is 2.15 bits per heavy atom. The highest BCUT2D eigenvalue weighted by molar-refractivity contribution is 7.89. The highest BCUT2D eigenvalue weighted by Gasteiger charge is 2.31. The molecule has 1 saturated heterocycles. The maximum atomic E-state index is 12.6. The van der Waals surface area contributed by atoms with Crippen LogP contribution in [0.25, 0.3) is 0 Å². The minimum absolute atomic E-state index is 0.0180. The van der Waals surface area contributed by atoms with Gasteiger partial charge < -0.3 is 4.57 Å². The van der Waals surface area contributed by atoms with Crippen LogP contribution >= 0.6 is 11.6 Å². The third-order valence-electron chi connectivity index (χ3n) is 3.92. The van der Waals surface area contributed by atoms with Gasteiger partial charge in [-0.2, -0.15) is 4.31 Å². The monoisotopic (exact) mass is 319 g/mol. The Hall–Kier alpha value is -0.590. The van der Waals surface area contributed by atoms with E-state index in [4.69, 9.17) is 11.6 Å². The van der Waals surface area contributed by atoms with Gasteiger partial charge in [0.05, 0.1) is 6.33 Å². The van der Waals surface area contributed by atoms with Crippen LogP contribution < -0.4 is 0 Å². The lowest BCUT2D eigenvalue weighted by atomic mass is 9.96. The Kier molecular flexibility index (Phi) is 5.09. The number of halogens is 1. The van der Waals surface area contributed by atoms with Gasteiger partial charge in [-0.3, -0.25) is 0 Å². The fourth-order valence-electron chi connectivity index (χ4n) is 2.77. The van der Waals surface area contributed by atoms with Crippen molar-refractivity contribution in [3.63, 3.8) is 0 Å². The first-order valence-corrected chi connectivity index (χ1v) is 8.95. The van der Waals surface area contributed by atoms with Crippen molar-refractivity contribution in [2.45, 2.75) is 44.1 Å². The van der Waals surface area contributed by atoms with Crippen molar-refractivity contribution in [3.05, 3.63) is 11.5 Å². The van der Waals surface area contributed by atoms with Gasteiger partial charge in [-0.1, -0.05) is 31.4 Å². The zero-order valence-corrected chi connectivity index (χ0v) is 13.6. The van der Waals surface area contributed by atoms with Crippen molar-refractivity contribution in [2.75, 3.05) is 13.1 Å². The second-order valence-electron chi connectivity index (χ2n) is 5.44. The highest BCUT2D eigenvalue weighted by atomic mass is 35.5. The van der Waals surface area contributed by atoms with Gasteiger partial charge in [0.1, 0.15) is 5.15 Å². The number of aryl methyl sites for hydroxylation is 1. The predicted molar refractivity (Wildman–Crippen MR) is 79.2 cm³/mol. The Bertz CT molecular complexity index is 556. The van der Waals surface area contributed by atoms with E-state index in [1.807, 2.05) is 0 Å². The summed E-state index contributed by atoms with van der Waals surface area (Å²) in [7, 11) is -1.88. The van der Waals surface area contributed by atoms with Crippen LogP contribution in [-0.2, 0) is 17.1 Å². The van der Waals surface area contributed by atoms with Crippen LogP contribution in [0.5, 0.6) is 0 Å². The van der Waals surface area contributed by atoms with Crippen LogP contribution in [0.4, 0.5) is 0 Å². The molecule has 1 aromatic heterocycles. The summed E-state index contributed by atoms with van der Waals surface area (Å²) in [4.78, 5) is 3.95. The van der Waals surface area contributed by atoms with Crippen LogP contribution in [0.2, 0.25) is 5.15 Å². The van der Waals surface area contributed by atoms with Crippen LogP contribution in [-0.4, -0.2) is 35.4 Å². The van der Waals surface area contributed by atoms with Crippen molar-refractivity contribution >= 4 is 21.6 Å². The third kappa shape index (κ3) is 3.18. The van der Waals surface area contributed by atoms with Gasteiger partial charge in [-0.25, -0.2) is 13.4 Å². The molecule has 0 spiro atoms. The van der Waals surface area contributed by atoms with E-state index in [2.05, 4.69) is 11.9 Å². The number of imidazole rings is 1. The second-order valence-corrected chi connectivity index (χ2v) is 7.65. The maximum absolute atomic E-state index is 12.6. The van der Waals surface area contributed by atoms with Gasteiger partial charge in [-0.15, -0.1) is 0 Å². The topological polar surface area (TPSA) is 55.2 Å². The van der Waals surface area contributed by atoms with Crippen molar-refractivity contribution in [2.24, 2.45) is 13.0 Å². The first-order chi connectivity index (χ1) is 9.46. The minimum Gasteiger partial charge on any atom is -0.324 e. The molecule has 1 atom stereocenters. The van der Waals surface area contributed by atoms with E-state index < -0.39 is 10.0 Å². The van der Waals surface area contributed by atoms with Gasteiger partial charge >= 0.3 is 0 Å². The standard InChI is InChI=1S/C13H22ClN3O2S/c1-3-5-11-6-4-8-17(9-7-11)20(18,19)13-12(14)16(2)10-15-13/h10-11H,3-9H2,1-2H3.